The van der Waals surface area contributed by atoms with Crippen molar-refractivity contribution < 1.29 is 14.3 Å². The molecule has 1 saturated heterocycles. The van der Waals surface area contributed by atoms with Crippen LogP contribution in [0.2, 0.25) is 0 Å². The summed E-state index contributed by atoms with van der Waals surface area (Å²) in [6, 6.07) is 6.07. The number of carbonyl (C=O) groups excluding carboxylic acids is 2. The summed E-state index contributed by atoms with van der Waals surface area (Å²) in [6.07, 6.45) is 4.59. The first-order chi connectivity index (χ1) is 13.4. The van der Waals surface area contributed by atoms with Crippen LogP contribution in [0.1, 0.15) is 30.9 Å². The summed E-state index contributed by atoms with van der Waals surface area (Å²) in [6.45, 7) is 5.92. The molecule has 1 fully saturated rings. The largest absolute Gasteiger partial charge is 0.483 e. The van der Waals surface area contributed by atoms with Crippen molar-refractivity contribution >= 4 is 11.8 Å². The molecule has 1 atom stereocenters. The Morgan fingerprint density at radius 2 is 2.07 bits per heavy atom. The number of likely N-dealkylation sites (tertiary alicyclic amines) is 1. The van der Waals surface area contributed by atoms with Gasteiger partial charge >= 0.3 is 0 Å². The lowest BCUT2D eigenvalue weighted by Gasteiger charge is -2.43. The van der Waals surface area contributed by atoms with Gasteiger partial charge in [-0.05, 0) is 25.8 Å². The summed E-state index contributed by atoms with van der Waals surface area (Å²) >= 11 is 0. The number of aryl methyl sites for hydroxylation is 1. The molecular formula is C20H25N5O3. The summed E-state index contributed by atoms with van der Waals surface area (Å²) in [4.78, 5) is 32.6. The molecule has 0 aliphatic carbocycles. The Balaban J connectivity index is 1.59. The molecule has 1 unspecified atom stereocenters. The van der Waals surface area contributed by atoms with Crippen LogP contribution in [0.15, 0.2) is 30.9 Å². The maximum atomic E-state index is 12.8. The van der Waals surface area contributed by atoms with Crippen LogP contribution in [0.25, 0.3) is 0 Å². The first-order valence-electron chi connectivity index (χ1n) is 9.58. The van der Waals surface area contributed by atoms with Crippen LogP contribution in [-0.4, -0.2) is 61.6 Å². The highest BCUT2D eigenvalue weighted by Gasteiger charge is 2.43. The van der Waals surface area contributed by atoms with Crippen molar-refractivity contribution in [2.24, 2.45) is 0 Å². The highest BCUT2D eigenvalue weighted by molar-refractivity contribution is 5.76. The molecule has 0 N–H and O–H groups in total. The highest BCUT2D eigenvalue weighted by atomic mass is 16.5. The molecule has 8 nitrogen and oxygen atoms in total. The Morgan fingerprint density at radius 1 is 1.25 bits per heavy atom. The van der Waals surface area contributed by atoms with E-state index < -0.39 is 5.60 Å². The third kappa shape index (κ3) is 3.72. The molecule has 2 aliphatic heterocycles. The minimum absolute atomic E-state index is 0.0170. The van der Waals surface area contributed by atoms with Crippen LogP contribution in [-0.2, 0) is 22.7 Å². The fraction of sp³-hybridized carbons (Fsp3) is 0.500. The molecule has 0 saturated carbocycles. The molecule has 2 aromatic rings. The number of benzene rings is 1. The predicted octanol–water partition coefficient (Wildman–Crippen LogP) is 1.39. The molecular weight excluding hydrogens is 358 g/mol. The lowest BCUT2D eigenvalue weighted by atomic mass is 9.91. The van der Waals surface area contributed by atoms with Crippen molar-refractivity contribution in [2.45, 2.75) is 45.4 Å². The van der Waals surface area contributed by atoms with Gasteiger partial charge in [-0.25, -0.2) is 9.67 Å². The zero-order chi connectivity index (χ0) is 19.7. The van der Waals surface area contributed by atoms with Crippen LogP contribution >= 0.6 is 0 Å². The topological polar surface area (TPSA) is 80.6 Å². The van der Waals surface area contributed by atoms with Crippen LogP contribution < -0.4 is 4.74 Å². The van der Waals surface area contributed by atoms with Gasteiger partial charge in [0.1, 0.15) is 30.5 Å². The Bertz CT molecular complexity index is 882. The Kier molecular flexibility index (Phi) is 4.78. The number of nitrogens with zero attached hydrogens (tertiary/aromatic N) is 5. The first-order valence-corrected chi connectivity index (χ1v) is 9.58. The van der Waals surface area contributed by atoms with E-state index in [-0.39, 0.29) is 18.4 Å². The van der Waals surface area contributed by atoms with E-state index in [0.717, 1.165) is 29.7 Å². The lowest BCUT2D eigenvalue weighted by Crippen LogP contribution is -2.58. The fourth-order valence-electron chi connectivity index (χ4n) is 4.11. The van der Waals surface area contributed by atoms with Crippen molar-refractivity contribution in [1.29, 1.82) is 0 Å². The monoisotopic (exact) mass is 383 g/mol. The zero-order valence-electron chi connectivity index (χ0n) is 16.3. The number of hydrogen-bond acceptors (Lipinski definition) is 5. The SMILES string of the molecule is CC(=O)N1Cc2cc(C)ccc2OC2(CCCN(C(=O)Cn3cncn3)C2)C1. The van der Waals surface area contributed by atoms with Gasteiger partial charge < -0.3 is 14.5 Å². The smallest absolute Gasteiger partial charge is 0.244 e. The van der Waals surface area contributed by atoms with Crippen molar-refractivity contribution in [3.05, 3.63) is 42.0 Å². The molecule has 1 spiro atoms. The molecule has 4 rings (SSSR count). The second kappa shape index (κ2) is 7.26. The zero-order valence-corrected chi connectivity index (χ0v) is 16.3. The van der Waals surface area contributed by atoms with E-state index in [2.05, 4.69) is 16.1 Å². The van der Waals surface area contributed by atoms with Crippen molar-refractivity contribution in [1.82, 2.24) is 24.6 Å². The molecule has 0 radical (unpaired) electrons. The minimum atomic E-state index is -0.595. The molecule has 2 aliphatic rings. The van der Waals surface area contributed by atoms with Gasteiger partial charge in [0.25, 0.3) is 0 Å². The number of aromatic nitrogens is 3. The lowest BCUT2D eigenvalue weighted by molar-refractivity contribution is -0.140. The molecule has 28 heavy (non-hydrogen) atoms. The normalized spacial score (nSPS) is 21.8. The van der Waals surface area contributed by atoms with E-state index in [1.54, 1.807) is 6.92 Å². The van der Waals surface area contributed by atoms with Gasteiger partial charge in [0.2, 0.25) is 11.8 Å². The van der Waals surface area contributed by atoms with Crippen LogP contribution in [0.3, 0.4) is 0 Å². The van der Waals surface area contributed by atoms with Gasteiger partial charge in [-0.15, -0.1) is 0 Å². The first kappa shape index (κ1) is 18.5. The molecule has 1 aromatic heterocycles. The number of hydrogen-bond donors (Lipinski definition) is 0. The predicted molar refractivity (Wildman–Crippen MR) is 101 cm³/mol. The summed E-state index contributed by atoms with van der Waals surface area (Å²) in [5, 5.41) is 4.02. The van der Waals surface area contributed by atoms with Gasteiger partial charge in [0.15, 0.2) is 0 Å². The second-order valence-corrected chi connectivity index (χ2v) is 7.78. The van der Waals surface area contributed by atoms with Crippen molar-refractivity contribution in [3.8, 4) is 5.75 Å². The van der Waals surface area contributed by atoms with E-state index in [1.165, 1.54) is 17.3 Å². The number of amides is 2. The third-order valence-corrected chi connectivity index (χ3v) is 5.48. The molecule has 148 valence electrons. The Hall–Kier alpha value is -2.90. The van der Waals surface area contributed by atoms with Crippen LogP contribution in [0.5, 0.6) is 5.75 Å². The quantitative estimate of drug-likeness (QED) is 0.783. The molecule has 0 bridgehead atoms. The van der Waals surface area contributed by atoms with Crippen molar-refractivity contribution in [2.75, 3.05) is 19.6 Å². The maximum absolute atomic E-state index is 12.8. The number of rotatable bonds is 2. The van der Waals surface area contributed by atoms with E-state index in [0.29, 0.717) is 26.2 Å². The summed E-state index contributed by atoms with van der Waals surface area (Å²) in [7, 11) is 0. The Morgan fingerprint density at radius 3 is 2.82 bits per heavy atom. The van der Waals surface area contributed by atoms with Gasteiger partial charge in [-0.2, -0.15) is 5.10 Å². The van der Waals surface area contributed by atoms with Crippen LogP contribution in [0.4, 0.5) is 0 Å². The standard InChI is InChI=1S/C20H25N5O3/c1-15-4-5-18-17(8-15)9-24(16(2)26)12-20(28-18)6-3-7-23(11-20)19(27)10-25-14-21-13-22-25/h4-5,8,13-14H,3,6-7,9-12H2,1-2H3. The van der Waals surface area contributed by atoms with E-state index in [4.69, 9.17) is 4.74 Å². The van der Waals surface area contributed by atoms with Gasteiger partial charge in [-0.1, -0.05) is 17.7 Å². The number of piperidine rings is 1. The van der Waals surface area contributed by atoms with Gasteiger partial charge in [0.05, 0.1) is 13.1 Å². The Labute approximate surface area is 164 Å². The molecule has 1 aromatic carbocycles. The number of carbonyl (C=O) groups is 2. The van der Waals surface area contributed by atoms with Crippen molar-refractivity contribution in [3.63, 3.8) is 0 Å². The molecule has 8 heteroatoms. The average Bonchev–Trinajstić information content (AvgIpc) is 3.11. The number of fused-ring (bicyclic) bond motifs is 1. The molecule has 3 heterocycles. The van der Waals surface area contributed by atoms with E-state index >= 15 is 0 Å². The van der Waals surface area contributed by atoms with E-state index in [9.17, 15) is 9.59 Å². The summed E-state index contributed by atoms with van der Waals surface area (Å²) < 4.78 is 8.04. The fourth-order valence-corrected chi connectivity index (χ4v) is 4.11. The van der Waals surface area contributed by atoms with Gasteiger partial charge in [0, 0.05) is 25.6 Å². The highest BCUT2D eigenvalue weighted by Crippen LogP contribution is 2.35. The van der Waals surface area contributed by atoms with E-state index in [1.807, 2.05) is 28.9 Å². The maximum Gasteiger partial charge on any atom is 0.244 e. The summed E-state index contributed by atoms with van der Waals surface area (Å²) in [5.41, 5.74) is 1.55. The molecule has 2 amide bonds. The number of ether oxygens (including phenoxy) is 1. The summed E-state index contributed by atoms with van der Waals surface area (Å²) in [5.74, 6) is 0.805. The van der Waals surface area contributed by atoms with Crippen LogP contribution in [0, 0.1) is 6.92 Å². The third-order valence-electron chi connectivity index (χ3n) is 5.48. The minimum Gasteiger partial charge on any atom is -0.483 e. The average molecular weight is 383 g/mol. The van der Waals surface area contributed by atoms with Gasteiger partial charge in [-0.3, -0.25) is 9.59 Å². The second-order valence-electron chi connectivity index (χ2n) is 7.78.